The van der Waals surface area contributed by atoms with E-state index in [-0.39, 0.29) is 31.3 Å². The number of morpholine rings is 1. The van der Waals surface area contributed by atoms with E-state index in [9.17, 15) is 4.79 Å². The summed E-state index contributed by atoms with van der Waals surface area (Å²) in [6, 6.07) is 0. The van der Waals surface area contributed by atoms with Crippen molar-refractivity contribution in [2.45, 2.75) is 19.1 Å². The predicted octanol–water partition coefficient (Wildman–Crippen LogP) is -0.742. The number of carbonyl (C=O) groups excluding carboxylic acids is 1. The molecule has 0 spiro atoms. The monoisotopic (exact) mass is 247 g/mol. The third kappa shape index (κ3) is 4.99. The summed E-state index contributed by atoms with van der Waals surface area (Å²) in [5.74, 6) is -0.0743. The summed E-state index contributed by atoms with van der Waals surface area (Å²) in [6.07, 6.45) is -0.342. The fraction of sp³-hybridized carbons (Fsp3) is 0.909. The molecule has 1 fully saturated rings. The van der Waals surface area contributed by atoms with Crippen molar-refractivity contribution in [3.8, 4) is 0 Å². The number of hydrogen-bond acceptors (Lipinski definition) is 5. The van der Waals surface area contributed by atoms with Crippen LogP contribution in [0.1, 0.15) is 6.92 Å². The molecule has 0 aromatic rings. The van der Waals surface area contributed by atoms with E-state index in [1.165, 1.54) is 0 Å². The van der Waals surface area contributed by atoms with Crippen LogP contribution in [0.15, 0.2) is 0 Å². The standard InChI is InChI=1S/C11H21NO5/c1-9-5-12(6-10(7-13)17-9)11(14)8-16-4-3-15-2/h9-10,13H,3-8H2,1-2H3. The smallest absolute Gasteiger partial charge is 0.248 e. The number of methoxy groups -OCH3 is 1. The molecule has 2 unspecified atom stereocenters. The quantitative estimate of drug-likeness (QED) is 0.626. The van der Waals surface area contributed by atoms with Gasteiger partial charge in [-0.15, -0.1) is 0 Å². The van der Waals surface area contributed by atoms with Crippen molar-refractivity contribution >= 4 is 5.91 Å². The maximum atomic E-state index is 11.8. The van der Waals surface area contributed by atoms with Gasteiger partial charge >= 0.3 is 0 Å². The second kappa shape index (κ2) is 7.60. The SMILES string of the molecule is COCCOCC(=O)N1CC(C)OC(CO)C1. The molecule has 2 atom stereocenters. The first-order valence-corrected chi connectivity index (χ1v) is 5.78. The molecular formula is C11H21NO5. The normalized spacial score (nSPS) is 25.0. The van der Waals surface area contributed by atoms with E-state index in [2.05, 4.69) is 0 Å². The van der Waals surface area contributed by atoms with Gasteiger partial charge in [-0.25, -0.2) is 0 Å². The summed E-state index contributed by atoms with van der Waals surface area (Å²) >= 11 is 0. The van der Waals surface area contributed by atoms with Gasteiger partial charge in [0.2, 0.25) is 5.91 Å². The molecular weight excluding hydrogens is 226 g/mol. The number of aliphatic hydroxyl groups is 1. The molecule has 6 heteroatoms. The lowest BCUT2D eigenvalue weighted by Gasteiger charge is -2.36. The zero-order chi connectivity index (χ0) is 12.7. The van der Waals surface area contributed by atoms with E-state index in [1.54, 1.807) is 12.0 Å². The fourth-order valence-corrected chi connectivity index (χ4v) is 1.74. The van der Waals surface area contributed by atoms with Crippen LogP contribution in [0.25, 0.3) is 0 Å². The molecule has 0 radical (unpaired) electrons. The minimum Gasteiger partial charge on any atom is -0.394 e. The van der Waals surface area contributed by atoms with Crippen molar-refractivity contribution in [3.05, 3.63) is 0 Å². The van der Waals surface area contributed by atoms with Crippen LogP contribution in [0.4, 0.5) is 0 Å². The van der Waals surface area contributed by atoms with Crippen LogP contribution in [0.3, 0.4) is 0 Å². The van der Waals surface area contributed by atoms with Gasteiger partial charge in [-0.1, -0.05) is 0 Å². The molecule has 0 aromatic carbocycles. The third-order valence-electron chi connectivity index (χ3n) is 2.54. The van der Waals surface area contributed by atoms with Crippen molar-refractivity contribution in [3.63, 3.8) is 0 Å². The van der Waals surface area contributed by atoms with Crippen LogP contribution in [0, 0.1) is 0 Å². The Morgan fingerprint density at radius 1 is 1.47 bits per heavy atom. The molecule has 6 nitrogen and oxygen atoms in total. The first-order valence-electron chi connectivity index (χ1n) is 5.78. The molecule has 1 heterocycles. The van der Waals surface area contributed by atoms with Crippen molar-refractivity contribution in [2.24, 2.45) is 0 Å². The van der Waals surface area contributed by atoms with Gasteiger partial charge in [-0.05, 0) is 6.92 Å². The van der Waals surface area contributed by atoms with Gasteiger partial charge in [0.15, 0.2) is 0 Å². The Hall–Kier alpha value is -0.690. The summed E-state index contributed by atoms with van der Waals surface area (Å²) in [6.45, 7) is 3.72. The molecule has 1 amide bonds. The lowest BCUT2D eigenvalue weighted by atomic mass is 10.2. The molecule has 17 heavy (non-hydrogen) atoms. The summed E-state index contributed by atoms with van der Waals surface area (Å²) in [5, 5.41) is 9.04. The number of amides is 1. The lowest BCUT2D eigenvalue weighted by molar-refractivity contribution is -0.151. The van der Waals surface area contributed by atoms with Crippen LogP contribution < -0.4 is 0 Å². The predicted molar refractivity (Wildman–Crippen MR) is 60.7 cm³/mol. The summed E-state index contributed by atoms with van der Waals surface area (Å²) in [4.78, 5) is 13.5. The number of ether oxygens (including phenoxy) is 3. The van der Waals surface area contributed by atoms with E-state index in [1.807, 2.05) is 6.92 Å². The first-order chi connectivity index (χ1) is 8.17. The van der Waals surface area contributed by atoms with E-state index < -0.39 is 0 Å². The Morgan fingerprint density at radius 3 is 2.88 bits per heavy atom. The van der Waals surface area contributed by atoms with Gasteiger partial charge < -0.3 is 24.2 Å². The summed E-state index contributed by atoms with van der Waals surface area (Å²) < 4.78 is 15.4. The number of nitrogens with zero attached hydrogens (tertiary/aromatic N) is 1. The van der Waals surface area contributed by atoms with E-state index >= 15 is 0 Å². The molecule has 1 saturated heterocycles. The van der Waals surface area contributed by atoms with Gasteiger partial charge in [-0.2, -0.15) is 0 Å². The topological polar surface area (TPSA) is 68.2 Å². The minimum absolute atomic E-state index is 0.0498. The van der Waals surface area contributed by atoms with E-state index in [0.717, 1.165) is 0 Å². The maximum Gasteiger partial charge on any atom is 0.248 e. The van der Waals surface area contributed by atoms with Gasteiger partial charge in [0, 0.05) is 20.2 Å². The Balaban J connectivity index is 2.29. The first kappa shape index (κ1) is 14.4. The van der Waals surface area contributed by atoms with Gasteiger partial charge in [0.25, 0.3) is 0 Å². The highest BCUT2D eigenvalue weighted by atomic mass is 16.5. The van der Waals surface area contributed by atoms with Gasteiger partial charge in [0.1, 0.15) is 6.61 Å². The van der Waals surface area contributed by atoms with Crippen molar-refractivity contribution in [1.29, 1.82) is 0 Å². The largest absolute Gasteiger partial charge is 0.394 e. The molecule has 1 N–H and O–H groups in total. The Kier molecular flexibility index (Phi) is 6.43. The zero-order valence-corrected chi connectivity index (χ0v) is 10.4. The molecule has 1 rings (SSSR count). The van der Waals surface area contributed by atoms with Crippen LogP contribution in [0.5, 0.6) is 0 Å². The second-order valence-electron chi connectivity index (χ2n) is 4.10. The molecule has 1 aliphatic heterocycles. The van der Waals surface area contributed by atoms with Gasteiger partial charge in [-0.3, -0.25) is 4.79 Å². The van der Waals surface area contributed by atoms with Crippen molar-refractivity contribution in [1.82, 2.24) is 4.90 Å². The van der Waals surface area contributed by atoms with E-state index in [4.69, 9.17) is 19.3 Å². The Bertz CT molecular complexity index is 236. The lowest BCUT2D eigenvalue weighted by Crippen LogP contribution is -2.51. The zero-order valence-electron chi connectivity index (χ0n) is 10.4. The maximum absolute atomic E-state index is 11.8. The third-order valence-corrected chi connectivity index (χ3v) is 2.54. The van der Waals surface area contributed by atoms with Crippen LogP contribution in [-0.4, -0.2) is 74.7 Å². The van der Waals surface area contributed by atoms with E-state index in [0.29, 0.717) is 26.3 Å². The molecule has 0 saturated carbocycles. The average Bonchev–Trinajstić information content (AvgIpc) is 2.33. The minimum atomic E-state index is -0.290. The molecule has 0 aromatic heterocycles. The highest BCUT2D eigenvalue weighted by Gasteiger charge is 2.27. The van der Waals surface area contributed by atoms with Crippen molar-refractivity contribution in [2.75, 3.05) is 46.6 Å². The number of rotatable bonds is 6. The summed E-state index contributed by atoms with van der Waals surface area (Å²) in [7, 11) is 1.58. The van der Waals surface area contributed by atoms with Crippen LogP contribution in [0.2, 0.25) is 0 Å². The number of carbonyl (C=O) groups is 1. The average molecular weight is 247 g/mol. The molecule has 0 aliphatic carbocycles. The number of aliphatic hydroxyl groups excluding tert-OH is 1. The fourth-order valence-electron chi connectivity index (χ4n) is 1.74. The highest BCUT2D eigenvalue weighted by Crippen LogP contribution is 2.10. The second-order valence-corrected chi connectivity index (χ2v) is 4.10. The van der Waals surface area contributed by atoms with Gasteiger partial charge in [0.05, 0.1) is 32.0 Å². The summed E-state index contributed by atoms with van der Waals surface area (Å²) in [5.41, 5.74) is 0. The Labute approximate surface area is 101 Å². The van der Waals surface area contributed by atoms with Crippen LogP contribution >= 0.6 is 0 Å². The molecule has 0 bridgehead atoms. The van der Waals surface area contributed by atoms with Crippen molar-refractivity contribution < 1.29 is 24.1 Å². The highest BCUT2D eigenvalue weighted by molar-refractivity contribution is 5.77. The van der Waals surface area contributed by atoms with Crippen LogP contribution in [-0.2, 0) is 19.0 Å². The molecule has 100 valence electrons. The number of hydrogen-bond donors (Lipinski definition) is 1. The Morgan fingerprint density at radius 2 is 2.24 bits per heavy atom. The molecule has 1 aliphatic rings.